The number of hydrogen-bond acceptors (Lipinski definition) is 5. The summed E-state index contributed by atoms with van der Waals surface area (Å²) in [5.74, 6) is -0.547. The molecule has 1 aliphatic heterocycles. The van der Waals surface area contributed by atoms with E-state index >= 15 is 0 Å². The molecule has 2 N–H and O–H groups in total. The Kier molecular flexibility index (Phi) is 5.35. The van der Waals surface area contributed by atoms with Crippen molar-refractivity contribution in [1.29, 1.82) is 0 Å². The summed E-state index contributed by atoms with van der Waals surface area (Å²) in [7, 11) is 0. The Hall–Kier alpha value is -1.30. The molecule has 1 saturated heterocycles. The van der Waals surface area contributed by atoms with Crippen molar-refractivity contribution in [3.63, 3.8) is 0 Å². The zero-order valence-corrected chi connectivity index (χ0v) is 22.8. The van der Waals surface area contributed by atoms with Crippen LogP contribution in [0.4, 0.5) is 0 Å². The number of fused-ring (bicyclic) bond motifs is 7. The van der Waals surface area contributed by atoms with Crippen LogP contribution in [0.25, 0.3) is 0 Å². The van der Waals surface area contributed by atoms with E-state index < -0.39 is 39.3 Å². The summed E-state index contributed by atoms with van der Waals surface area (Å²) in [6.45, 7) is 16.3. The van der Waals surface area contributed by atoms with Crippen molar-refractivity contribution in [2.75, 3.05) is 0 Å². The first-order valence-electron chi connectivity index (χ1n) is 13.5. The molecular formula is C30H44O5. The van der Waals surface area contributed by atoms with Crippen molar-refractivity contribution in [2.45, 2.75) is 111 Å². The van der Waals surface area contributed by atoms with Gasteiger partial charge in [0.2, 0.25) is 0 Å². The molecular weight excluding hydrogens is 440 g/mol. The summed E-state index contributed by atoms with van der Waals surface area (Å²) < 4.78 is 6.61. The maximum atomic E-state index is 14.3. The average Bonchev–Trinajstić information content (AvgIpc) is 2.91. The molecule has 0 radical (unpaired) electrons. The van der Waals surface area contributed by atoms with E-state index in [1.54, 1.807) is 6.08 Å². The van der Waals surface area contributed by atoms with Crippen LogP contribution in [0.3, 0.4) is 0 Å². The number of ketones is 2. The highest BCUT2D eigenvalue weighted by atomic mass is 16.5. The van der Waals surface area contributed by atoms with Gasteiger partial charge in [0.05, 0.1) is 23.9 Å². The summed E-state index contributed by atoms with van der Waals surface area (Å²) in [6.07, 6.45) is 5.87. The van der Waals surface area contributed by atoms with Crippen molar-refractivity contribution in [2.24, 2.45) is 39.4 Å². The molecule has 1 heterocycles. The maximum Gasteiger partial charge on any atom is 0.160 e. The molecule has 5 aliphatic rings. The molecule has 3 saturated carbocycles. The zero-order chi connectivity index (χ0) is 25.9. The molecule has 0 aromatic rings. The Morgan fingerprint density at radius 3 is 2.31 bits per heavy atom. The molecule has 4 fully saturated rings. The topological polar surface area (TPSA) is 83.8 Å². The molecule has 4 aliphatic carbocycles. The van der Waals surface area contributed by atoms with Crippen LogP contribution in [0, 0.1) is 39.4 Å². The molecule has 5 heteroatoms. The Morgan fingerprint density at radius 1 is 1.03 bits per heavy atom. The highest BCUT2D eigenvalue weighted by molar-refractivity contribution is 6.02. The molecule has 0 amide bonds. The number of aliphatic hydroxyl groups is 2. The Labute approximate surface area is 210 Å². The lowest BCUT2D eigenvalue weighted by molar-refractivity contribution is -0.201. The van der Waals surface area contributed by atoms with E-state index in [2.05, 4.69) is 19.9 Å². The second-order valence-electron chi connectivity index (χ2n) is 14.2. The van der Waals surface area contributed by atoms with Gasteiger partial charge in [-0.2, -0.15) is 0 Å². The minimum atomic E-state index is -0.990. The Balaban J connectivity index is 1.64. The van der Waals surface area contributed by atoms with Gasteiger partial charge in [0.15, 0.2) is 5.78 Å². The summed E-state index contributed by atoms with van der Waals surface area (Å²) in [6, 6.07) is 0. The lowest BCUT2D eigenvalue weighted by Crippen LogP contribution is -2.66. The van der Waals surface area contributed by atoms with Crippen LogP contribution >= 0.6 is 0 Å². The third-order valence-corrected chi connectivity index (χ3v) is 11.5. The quantitative estimate of drug-likeness (QED) is 0.523. The average molecular weight is 485 g/mol. The van der Waals surface area contributed by atoms with Gasteiger partial charge < -0.3 is 14.9 Å². The van der Waals surface area contributed by atoms with Crippen LogP contribution < -0.4 is 0 Å². The minimum Gasteiger partial charge on any atom is -0.392 e. The molecule has 35 heavy (non-hydrogen) atoms. The number of ether oxygens (including phenoxy) is 1. The minimum absolute atomic E-state index is 0.0156. The van der Waals surface area contributed by atoms with Gasteiger partial charge in [0, 0.05) is 35.5 Å². The van der Waals surface area contributed by atoms with Gasteiger partial charge in [0.1, 0.15) is 5.78 Å². The number of carbonyl (C=O) groups excluding carboxylic acids is 2. The predicted octanol–water partition coefficient (Wildman–Crippen LogP) is 4.80. The molecule has 0 aromatic carbocycles. The summed E-state index contributed by atoms with van der Waals surface area (Å²) >= 11 is 0. The summed E-state index contributed by atoms with van der Waals surface area (Å²) in [5, 5.41) is 22.5. The van der Waals surface area contributed by atoms with Crippen LogP contribution in [0.15, 0.2) is 23.3 Å². The first-order chi connectivity index (χ1) is 16.0. The van der Waals surface area contributed by atoms with E-state index in [1.807, 2.05) is 41.5 Å². The van der Waals surface area contributed by atoms with E-state index in [1.165, 1.54) is 0 Å². The van der Waals surface area contributed by atoms with E-state index in [-0.39, 0.29) is 35.6 Å². The van der Waals surface area contributed by atoms with Gasteiger partial charge in [-0.3, -0.25) is 9.59 Å². The smallest absolute Gasteiger partial charge is 0.160 e. The van der Waals surface area contributed by atoms with Gasteiger partial charge in [-0.1, -0.05) is 51.8 Å². The second kappa shape index (κ2) is 7.39. The van der Waals surface area contributed by atoms with E-state index in [4.69, 9.17) is 4.74 Å². The van der Waals surface area contributed by atoms with Crippen molar-refractivity contribution < 1.29 is 24.5 Å². The van der Waals surface area contributed by atoms with E-state index in [0.717, 1.165) is 17.6 Å². The second-order valence-corrected chi connectivity index (χ2v) is 14.2. The van der Waals surface area contributed by atoms with Crippen LogP contribution in [-0.2, 0) is 14.3 Å². The van der Waals surface area contributed by atoms with Gasteiger partial charge in [0.25, 0.3) is 0 Å². The highest BCUT2D eigenvalue weighted by Crippen LogP contribution is 2.74. The fraction of sp³-hybridized carbons (Fsp3) is 0.800. The maximum absolute atomic E-state index is 14.3. The SMILES string of the molecule is CC(C)=CC1CC(C)(O)C2C(CC3(C)C4C(=O)C=C5C(CCC(O)C5(C)C)C4(C)C(=O)CC23C)O1. The third kappa shape index (κ3) is 3.10. The van der Waals surface area contributed by atoms with Gasteiger partial charge >= 0.3 is 0 Å². The highest BCUT2D eigenvalue weighted by Gasteiger charge is 2.76. The Bertz CT molecular complexity index is 1030. The number of aliphatic hydroxyl groups excluding tert-OH is 1. The van der Waals surface area contributed by atoms with Crippen molar-refractivity contribution in [3.05, 3.63) is 23.3 Å². The Morgan fingerprint density at radius 2 is 1.69 bits per heavy atom. The molecule has 0 bridgehead atoms. The molecule has 10 unspecified atom stereocenters. The largest absolute Gasteiger partial charge is 0.392 e. The monoisotopic (exact) mass is 484 g/mol. The fourth-order valence-electron chi connectivity index (χ4n) is 9.76. The first kappa shape index (κ1) is 25.4. The lowest BCUT2D eigenvalue weighted by Gasteiger charge is -2.64. The number of allylic oxidation sites excluding steroid dienone is 2. The van der Waals surface area contributed by atoms with Crippen LogP contribution in [0.1, 0.15) is 87.5 Å². The number of Topliss-reactive ketones (excluding diaryl/α,β-unsaturated/α-hetero) is 1. The molecule has 10 atom stereocenters. The van der Waals surface area contributed by atoms with Gasteiger partial charge in [-0.05, 0) is 62.9 Å². The van der Waals surface area contributed by atoms with Crippen molar-refractivity contribution >= 4 is 11.6 Å². The van der Waals surface area contributed by atoms with E-state index in [0.29, 0.717) is 25.7 Å². The molecule has 5 nitrogen and oxygen atoms in total. The van der Waals surface area contributed by atoms with Crippen LogP contribution in [0.5, 0.6) is 0 Å². The first-order valence-corrected chi connectivity index (χ1v) is 13.5. The summed E-state index contributed by atoms with van der Waals surface area (Å²) in [5.41, 5.74) is -1.23. The zero-order valence-electron chi connectivity index (χ0n) is 22.8. The van der Waals surface area contributed by atoms with Gasteiger partial charge in [-0.15, -0.1) is 0 Å². The third-order valence-electron chi connectivity index (χ3n) is 11.5. The molecule has 5 rings (SSSR count). The van der Waals surface area contributed by atoms with Crippen LogP contribution in [-0.4, -0.2) is 45.7 Å². The molecule has 0 aromatic heterocycles. The van der Waals surface area contributed by atoms with Gasteiger partial charge in [-0.25, -0.2) is 0 Å². The van der Waals surface area contributed by atoms with Crippen molar-refractivity contribution in [3.8, 4) is 0 Å². The molecule has 194 valence electrons. The van der Waals surface area contributed by atoms with E-state index in [9.17, 15) is 19.8 Å². The fourth-order valence-corrected chi connectivity index (χ4v) is 9.76. The molecule has 0 spiro atoms. The predicted molar refractivity (Wildman–Crippen MR) is 134 cm³/mol. The number of hydrogen-bond donors (Lipinski definition) is 2. The van der Waals surface area contributed by atoms with Crippen LogP contribution in [0.2, 0.25) is 0 Å². The van der Waals surface area contributed by atoms with Crippen molar-refractivity contribution in [1.82, 2.24) is 0 Å². The normalized spacial score (nSPS) is 52.6. The number of rotatable bonds is 1. The summed E-state index contributed by atoms with van der Waals surface area (Å²) in [4.78, 5) is 28.3. The standard InChI is InChI=1S/C30H44O5/c1-16(2)11-17-13-29(7,34)25-21(35-17)14-27(5)24-20(31)12-19-18(9-10-22(32)26(19,3)4)30(24,8)23(33)15-28(25,27)6/h11-12,17-18,21-22,24-25,32,34H,9-10,13-15H2,1-8H3. The lowest BCUT2D eigenvalue weighted by atomic mass is 9.38. The number of carbonyl (C=O) groups is 2.